The average Bonchev–Trinajstić information content (AvgIpc) is 2.93. The molecule has 1 atom stereocenters. The number of methoxy groups -OCH3 is 1. The maximum Gasteiger partial charge on any atom is 0.123 e. The van der Waals surface area contributed by atoms with E-state index in [2.05, 4.69) is 46.8 Å². The summed E-state index contributed by atoms with van der Waals surface area (Å²) in [6, 6.07) is 11.0. The van der Waals surface area contributed by atoms with E-state index in [9.17, 15) is 0 Å². The lowest BCUT2D eigenvalue weighted by Crippen LogP contribution is -2.45. The van der Waals surface area contributed by atoms with E-state index in [4.69, 9.17) is 4.74 Å². The second-order valence-corrected chi connectivity index (χ2v) is 6.46. The number of hydrogen-bond acceptors (Lipinski definition) is 4. The fourth-order valence-electron chi connectivity index (χ4n) is 2.93. The van der Waals surface area contributed by atoms with Crippen LogP contribution in [0.25, 0.3) is 0 Å². The van der Waals surface area contributed by atoms with Gasteiger partial charge in [0.1, 0.15) is 5.75 Å². The van der Waals surface area contributed by atoms with Crippen LogP contribution in [0.15, 0.2) is 35.7 Å². The highest BCUT2D eigenvalue weighted by molar-refractivity contribution is 7.10. The highest BCUT2D eigenvalue weighted by atomic mass is 35.5. The van der Waals surface area contributed by atoms with E-state index < -0.39 is 0 Å². The van der Waals surface area contributed by atoms with Crippen molar-refractivity contribution in [2.75, 3.05) is 26.7 Å². The number of aryl methyl sites for hydroxylation is 1. The Morgan fingerprint density at radius 2 is 2.14 bits per heavy atom. The fraction of sp³-hybridized carbons (Fsp3) is 0.412. The van der Waals surface area contributed by atoms with Crippen molar-refractivity contribution in [3.8, 4) is 5.75 Å². The maximum absolute atomic E-state index is 5.55. The van der Waals surface area contributed by atoms with Crippen LogP contribution in [0.2, 0.25) is 0 Å². The fourth-order valence-corrected chi connectivity index (χ4v) is 3.87. The summed E-state index contributed by atoms with van der Waals surface area (Å²) in [6.07, 6.45) is 0. The summed E-state index contributed by atoms with van der Waals surface area (Å²) in [7, 11) is 1.75. The van der Waals surface area contributed by atoms with Crippen LogP contribution >= 0.6 is 23.7 Å². The van der Waals surface area contributed by atoms with Crippen molar-refractivity contribution >= 4 is 23.7 Å². The average molecular weight is 339 g/mol. The van der Waals surface area contributed by atoms with Crippen LogP contribution in [0.3, 0.4) is 0 Å². The number of thiophene rings is 1. The molecule has 2 aromatic rings. The number of benzene rings is 1. The van der Waals surface area contributed by atoms with Crippen molar-refractivity contribution in [3.63, 3.8) is 0 Å². The number of halogens is 1. The van der Waals surface area contributed by atoms with E-state index in [0.29, 0.717) is 6.04 Å². The molecular weight excluding hydrogens is 316 g/mol. The van der Waals surface area contributed by atoms with Gasteiger partial charge in [-0.2, -0.15) is 0 Å². The Hall–Kier alpha value is -1.07. The molecule has 0 amide bonds. The first-order valence-electron chi connectivity index (χ1n) is 7.40. The van der Waals surface area contributed by atoms with Gasteiger partial charge >= 0.3 is 0 Å². The molecule has 0 saturated carbocycles. The van der Waals surface area contributed by atoms with Gasteiger partial charge in [0.15, 0.2) is 0 Å². The van der Waals surface area contributed by atoms with Gasteiger partial charge < -0.3 is 10.1 Å². The minimum absolute atomic E-state index is 0. The predicted octanol–water partition coefficient (Wildman–Crippen LogP) is 3.63. The molecule has 1 aromatic heterocycles. The van der Waals surface area contributed by atoms with E-state index in [1.165, 1.54) is 16.0 Å². The van der Waals surface area contributed by atoms with Gasteiger partial charge in [-0.15, -0.1) is 23.7 Å². The summed E-state index contributed by atoms with van der Waals surface area (Å²) in [5.41, 5.74) is 2.68. The maximum atomic E-state index is 5.55. The molecule has 1 aromatic carbocycles. The third-order valence-corrected chi connectivity index (χ3v) is 5.17. The molecule has 1 N–H and O–H groups in total. The van der Waals surface area contributed by atoms with Gasteiger partial charge in [-0.1, -0.05) is 18.2 Å². The van der Waals surface area contributed by atoms with Gasteiger partial charge in [0.05, 0.1) is 13.2 Å². The third kappa shape index (κ3) is 3.63. The zero-order valence-electron chi connectivity index (χ0n) is 13.0. The molecule has 3 nitrogen and oxygen atoms in total. The largest absolute Gasteiger partial charge is 0.496 e. The van der Waals surface area contributed by atoms with Crippen molar-refractivity contribution in [2.45, 2.75) is 19.5 Å². The molecule has 1 aliphatic heterocycles. The van der Waals surface area contributed by atoms with Crippen molar-refractivity contribution < 1.29 is 4.74 Å². The number of hydrogen-bond donors (Lipinski definition) is 1. The summed E-state index contributed by atoms with van der Waals surface area (Å²) in [5, 5.41) is 5.70. The Balaban J connectivity index is 0.00000176. The summed E-state index contributed by atoms with van der Waals surface area (Å²) < 4.78 is 5.55. The topological polar surface area (TPSA) is 24.5 Å². The first kappa shape index (κ1) is 17.3. The Morgan fingerprint density at radius 1 is 1.32 bits per heavy atom. The molecule has 1 aliphatic rings. The van der Waals surface area contributed by atoms with Crippen LogP contribution in [0, 0.1) is 6.92 Å². The van der Waals surface area contributed by atoms with Crippen LogP contribution in [-0.4, -0.2) is 31.6 Å². The van der Waals surface area contributed by atoms with E-state index in [1.807, 2.05) is 17.4 Å². The van der Waals surface area contributed by atoms with Gasteiger partial charge in [-0.25, -0.2) is 0 Å². The Morgan fingerprint density at radius 3 is 2.86 bits per heavy atom. The number of nitrogens with one attached hydrogen (secondary N) is 1. The van der Waals surface area contributed by atoms with Crippen LogP contribution in [-0.2, 0) is 6.54 Å². The summed E-state index contributed by atoms with van der Waals surface area (Å²) in [5.74, 6) is 0.985. The zero-order valence-corrected chi connectivity index (χ0v) is 14.7. The lowest BCUT2D eigenvalue weighted by atomic mass is 10.0. The second-order valence-electron chi connectivity index (χ2n) is 5.46. The van der Waals surface area contributed by atoms with E-state index in [1.54, 1.807) is 7.11 Å². The molecule has 1 unspecified atom stereocenters. The van der Waals surface area contributed by atoms with Crippen LogP contribution in [0.5, 0.6) is 5.75 Å². The molecule has 120 valence electrons. The van der Waals surface area contributed by atoms with Crippen molar-refractivity contribution in [1.82, 2.24) is 10.2 Å². The standard InChI is InChI=1S/C17H22N2OS.ClH/c1-13-7-10-21-17(13)12-19-9-8-18-11-15(19)14-5-3-4-6-16(14)20-2;/h3-7,10,15,18H,8-9,11-12H2,1-2H3;1H. The van der Waals surface area contributed by atoms with Gasteiger partial charge in [-0.3, -0.25) is 4.90 Å². The minimum Gasteiger partial charge on any atom is -0.496 e. The Labute approximate surface area is 142 Å². The van der Waals surface area contributed by atoms with Crippen LogP contribution in [0.1, 0.15) is 22.0 Å². The molecular formula is C17H23ClN2OS. The van der Waals surface area contributed by atoms with E-state index in [-0.39, 0.29) is 12.4 Å². The molecule has 1 saturated heterocycles. The summed E-state index contributed by atoms with van der Waals surface area (Å²) >= 11 is 1.86. The molecule has 0 bridgehead atoms. The lowest BCUT2D eigenvalue weighted by molar-refractivity contribution is 0.152. The summed E-state index contributed by atoms with van der Waals surface area (Å²) in [4.78, 5) is 4.03. The molecule has 5 heteroatoms. The van der Waals surface area contributed by atoms with Gasteiger partial charge in [0.2, 0.25) is 0 Å². The lowest BCUT2D eigenvalue weighted by Gasteiger charge is -2.37. The third-order valence-electron chi connectivity index (χ3n) is 4.17. The Bertz CT molecular complexity index is 602. The Kier molecular flexibility index (Phi) is 6.26. The number of piperazine rings is 1. The van der Waals surface area contributed by atoms with Crippen LogP contribution in [0.4, 0.5) is 0 Å². The van der Waals surface area contributed by atoms with Crippen molar-refractivity contribution in [2.24, 2.45) is 0 Å². The van der Waals surface area contributed by atoms with Crippen LogP contribution < -0.4 is 10.1 Å². The number of nitrogens with zero attached hydrogens (tertiary/aromatic N) is 1. The number of para-hydroxylation sites is 1. The highest BCUT2D eigenvalue weighted by Crippen LogP contribution is 2.32. The van der Waals surface area contributed by atoms with Gasteiger partial charge in [0, 0.05) is 36.6 Å². The monoisotopic (exact) mass is 338 g/mol. The molecule has 0 aliphatic carbocycles. The first-order valence-corrected chi connectivity index (χ1v) is 8.28. The minimum atomic E-state index is 0. The smallest absolute Gasteiger partial charge is 0.123 e. The zero-order chi connectivity index (χ0) is 14.7. The predicted molar refractivity (Wildman–Crippen MR) is 95.3 cm³/mol. The normalized spacial score (nSPS) is 18.7. The quantitative estimate of drug-likeness (QED) is 0.921. The van der Waals surface area contributed by atoms with Gasteiger partial charge in [-0.05, 0) is 30.0 Å². The molecule has 22 heavy (non-hydrogen) atoms. The molecule has 0 radical (unpaired) electrons. The number of ether oxygens (including phenoxy) is 1. The highest BCUT2D eigenvalue weighted by Gasteiger charge is 2.26. The molecule has 2 heterocycles. The molecule has 1 fully saturated rings. The van der Waals surface area contributed by atoms with E-state index >= 15 is 0 Å². The van der Waals surface area contributed by atoms with Crippen molar-refractivity contribution in [1.29, 1.82) is 0 Å². The first-order chi connectivity index (χ1) is 10.3. The van der Waals surface area contributed by atoms with E-state index in [0.717, 1.165) is 31.9 Å². The number of rotatable bonds is 4. The summed E-state index contributed by atoms with van der Waals surface area (Å²) in [6.45, 7) is 6.32. The SMILES string of the molecule is COc1ccccc1C1CNCCN1Cc1sccc1C.Cl. The second kappa shape index (κ2) is 7.97. The molecule has 0 spiro atoms. The molecule has 3 rings (SSSR count). The van der Waals surface area contributed by atoms with Gasteiger partial charge in [0.25, 0.3) is 0 Å². The van der Waals surface area contributed by atoms with Crippen molar-refractivity contribution in [3.05, 3.63) is 51.7 Å².